The third-order valence-electron chi connectivity index (χ3n) is 3.25. The molecule has 108 valence electrons. The molecule has 0 bridgehead atoms. The number of piperidine rings is 1. The van der Waals surface area contributed by atoms with Crippen molar-refractivity contribution < 1.29 is 24.2 Å². The molecule has 1 aliphatic rings. The highest BCUT2D eigenvalue weighted by Crippen LogP contribution is 2.17. The number of nitrogens with zero attached hydrogens (tertiary/aromatic N) is 1. The summed E-state index contributed by atoms with van der Waals surface area (Å²) in [5, 5.41) is 11.3. The van der Waals surface area contributed by atoms with Gasteiger partial charge in [0, 0.05) is 13.1 Å². The van der Waals surface area contributed by atoms with Gasteiger partial charge in [0.15, 0.2) is 0 Å². The normalized spacial score (nSPS) is 20.5. The summed E-state index contributed by atoms with van der Waals surface area (Å²) in [5.41, 5.74) is 0. The summed E-state index contributed by atoms with van der Waals surface area (Å²) in [7, 11) is 1.32. The minimum absolute atomic E-state index is 0.272. The summed E-state index contributed by atoms with van der Waals surface area (Å²) in [6.45, 7) is 2.48. The van der Waals surface area contributed by atoms with Crippen LogP contribution in [0.4, 0.5) is 4.79 Å². The van der Waals surface area contributed by atoms with Crippen molar-refractivity contribution in [3.63, 3.8) is 0 Å². The predicted molar refractivity (Wildman–Crippen MR) is 66.6 cm³/mol. The fraction of sp³-hybridized carbons (Fsp3) is 0.750. The number of esters is 1. The molecule has 7 nitrogen and oxygen atoms in total. The number of amides is 2. The summed E-state index contributed by atoms with van der Waals surface area (Å²) in [5.74, 6) is -1.71. The first-order valence-electron chi connectivity index (χ1n) is 6.35. The number of hydrogen-bond donors (Lipinski definition) is 2. The SMILES string of the molecule is CC[C@H](NC(=O)N1CCCC(C(=O)OC)C1)C(=O)O. The molecule has 0 saturated carbocycles. The maximum absolute atomic E-state index is 11.9. The molecule has 0 aromatic rings. The van der Waals surface area contributed by atoms with E-state index >= 15 is 0 Å². The van der Waals surface area contributed by atoms with Crippen LogP contribution in [0.1, 0.15) is 26.2 Å². The first-order chi connectivity index (χ1) is 8.99. The van der Waals surface area contributed by atoms with Gasteiger partial charge in [0.2, 0.25) is 0 Å². The molecule has 0 aromatic carbocycles. The lowest BCUT2D eigenvalue weighted by molar-refractivity contribution is -0.147. The van der Waals surface area contributed by atoms with E-state index in [1.165, 1.54) is 12.0 Å². The van der Waals surface area contributed by atoms with Crippen molar-refractivity contribution >= 4 is 18.0 Å². The number of likely N-dealkylation sites (tertiary alicyclic amines) is 1. The lowest BCUT2D eigenvalue weighted by atomic mass is 9.98. The fourth-order valence-electron chi connectivity index (χ4n) is 2.10. The van der Waals surface area contributed by atoms with Gasteiger partial charge in [-0.05, 0) is 19.3 Å². The lowest BCUT2D eigenvalue weighted by Crippen LogP contribution is -2.51. The Morgan fingerprint density at radius 1 is 1.47 bits per heavy atom. The van der Waals surface area contributed by atoms with Gasteiger partial charge >= 0.3 is 18.0 Å². The van der Waals surface area contributed by atoms with Crippen molar-refractivity contribution in [3.8, 4) is 0 Å². The highest BCUT2D eigenvalue weighted by molar-refractivity contribution is 5.83. The number of aliphatic carboxylic acids is 1. The molecule has 2 atom stereocenters. The van der Waals surface area contributed by atoms with Gasteiger partial charge in [-0.3, -0.25) is 4.79 Å². The molecule has 1 aliphatic heterocycles. The van der Waals surface area contributed by atoms with Gasteiger partial charge < -0.3 is 20.1 Å². The predicted octanol–water partition coefficient (Wildman–Crippen LogP) is 0.444. The zero-order chi connectivity index (χ0) is 14.4. The van der Waals surface area contributed by atoms with E-state index < -0.39 is 18.0 Å². The molecule has 19 heavy (non-hydrogen) atoms. The number of carboxylic acid groups (broad SMARTS) is 1. The molecule has 0 spiro atoms. The van der Waals surface area contributed by atoms with Crippen LogP contribution in [-0.4, -0.2) is 54.2 Å². The molecule has 7 heteroatoms. The van der Waals surface area contributed by atoms with Crippen LogP contribution in [0.2, 0.25) is 0 Å². The van der Waals surface area contributed by atoms with Gasteiger partial charge in [0.1, 0.15) is 6.04 Å². The largest absolute Gasteiger partial charge is 0.480 e. The number of rotatable bonds is 4. The summed E-state index contributed by atoms with van der Waals surface area (Å²) in [6, 6.07) is -1.34. The number of ether oxygens (including phenoxy) is 1. The highest BCUT2D eigenvalue weighted by Gasteiger charge is 2.30. The Kier molecular flexibility index (Phi) is 5.59. The monoisotopic (exact) mass is 272 g/mol. The third kappa shape index (κ3) is 4.11. The average Bonchev–Trinajstić information content (AvgIpc) is 2.43. The van der Waals surface area contributed by atoms with Gasteiger partial charge in [-0.15, -0.1) is 0 Å². The number of hydrogen-bond acceptors (Lipinski definition) is 4. The van der Waals surface area contributed by atoms with Gasteiger partial charge in [0.25, 0.3) is 0 Å². The van der Waals surface area contributed by atoms with Gasteiger partial charge in [-0.25, -0.2) is 9.59 Å². The molecule has 1 rings (SSSR count). The Hall–Kier alpha value is -1.79. The fourth-order valence-corrected chi connectivity index (χ4v) is 2.10. The maximum atomic E-state index is 11.9. The standard InChI is InChI=1S/C12H20N2O5/c1-3-9(10(15)16)13-12(18)14-6-4-5-8(7-14)11(17)19-2/h8-9H,3-7H2,1-2H3,(H,13,18)(H,15,16)/t8?,9-/m0/s1. The molecule has 1 heterocycles. The van der Waals surface area contributed by atoms with Crippen LogP contribution in [0, 0.1) is 5.92 Å². The summed E-state index contributed by atoms with van der Waals surface area (Å²) >= 11 is 0. The first-order valence-corrected chi connectivity index (χ1v) is 6.35. The smallest absolute Gasteiger partial charge is 0.326 e. The van der Waals surface area contributed by atoms with E-state index in [4.69, 9.17) is 5.11 Å². The molecule has 0 aliphatic carbocycles. The zero-order valence-corrected chi connectivity index (χ0v) is 11.2. The van der Waals surface area contributed by atoms with Crippen LogP contribution in [-0.2, 0) is 14.3 Å². The second-order valence-electron chi connectivity index (χ2n) is 4.56. The lowest BCUT2D eigenvalue weighted by Gasteiger charge is -2.32. The molecule has 1 fully saturated rings. The van der Waals surface area contributed by atoms with Crippen molar-refractivity contribution in [1.82, 2.24) is 10.2 Å². The number of carbonyl (C=O) groups excluding carboxylic acids is 2. The topological polar surface area (TPSA) is 95.9 Å². The summed E-state index contributed by atoms with van der Waals surface area (Å²) in [4.78, 5) is 35.7. The van der Waals surface area contributed by atoms with E-state index in [1.54, 1.807) is 6.92 Å². The number of carbonyl (C=O) groups is 3. The van der Waals surface area contributed by atoms with Crippen LogP contribution in [0.3, 0.4) is 0 Å². The molecule has 0 radical (unpaired) electrons. The Morgan fingerprint density at radius 3 is 2.68 bits per heavy atom. The molecule has 1 unspecified atom stereocenters. The number of methoxy groups -OCH3 is 1. The minimum Gasteiger partial charge on any atom is -0.480 e. The van der Waals surface area contributed by atoms with Crippen LogP contribution >= 0.6 is 0 Å². The second-order valence-corrected chi connectivity index (χ2v) is 4.56. The van der Waals surface area contributed by atoms with E-state index in [2.05, 4.69) is 10.1 Å². The second kappa shape index (κ2) is 6.96. The number of nitrogens with one attached hydrogen (secondary N) is 1. The average molecular weight is 272 g/mol. The highest BCUT2D eigenvalue weighted by atomic mass is 16.5. The van der Waals surface area contributed by atoms with E-state index in [1.807, 2.05) is 0 Å². The van der Waals surface area contributed by atoms with Gasteiger partial charge in [-0.1, -0.05) is 6.92 Å². The van der Waals surface area contributed by atoms with Gasteiger partial charge in [-0.2, -0.15) is 0 Å². The Labute approximate surface area is 111 Å². The number of carboxylic acids is 1. The maximum Gasteiger partial charge on any atom is 0.326 e. The van der Waals surface area contributed by atoms with Gasteiger partial charge in [0.05, 0.1) is 13.0 Å². The zero-order valence-electron chi connectivity index (χ0n) is 11.2. The van der Waals surface area contributed by atoms with E-state index in [0.717, 1.165) is 0 Å². The Morgan fingerprint density at radius 2 is 2.16 bits per heavy atom. The summed E-state index contributed by atoms with van der Waals surface area (Å²) in [6.07, 6.45) is 1.71. The van der Waals surface area contributed by atoms with E-state index in [9.17, 15) is 14.4 Å². The van der Waals surface area contributed by atoms with Crippen molar-refractivity contribution in [2.45, 2.75) is 32.2 Å². The van der Waals surface area contributed by atoms with Crippen LogP contribution in [0.5, 0.6) is 0 Å². The molecular formula is C12H20N2O5. The van der Waals surface area contributed by atoms with E-state index in [-0.39, 0.29) is 18.4 Å². The number of urea groups is 1. The minimum atomic E-state index is -1.06. The molecule has 2 N–H and O–H groups in total. The first kappa shape index (κ1) is 15.3. The quantitative estimate of drug-likeness (QED) is 0.724. The van der Waals surface area contributed by atoms with E-state index in [0.29, 0.717) is 25.8 Å². The van der Waals surface area contributed by atoms with Crippen molar-refractivity contribution in [3.05, 3.63) is 0 Å². The Balaban J connectivity index is 2.57. The van der Waals surface area contributed by atoms with Crippen LogP contribution in [0.15, 0.2) is 0 Å². The molecule has 0 aromatic heterocycles. The Bertz CT molecular complexity index is 358. The van der Waals surface area contributed by atoms with Crippen molar-refractivity contribution in [1.29, 1.82) is 0 Å². The summed E-state index contributed by atoms with van der Waals surface area (Å²) < 4.78 is 4.67. The molecule has 1 saturated heterocycles. The molecular weight excluding hydrogens is 252 g/mol. The molecule has 2 amide bonds. The third-order valence-corrected chi connectivity index (χ3v) is 3.25. The van der Waals surface area contributed by atoms with Crippen molar-refractivity contribution in [2.75, 3.05) is 20.2 Å². The van der Waals surface area contributed by atoms with Crippen LogP contribution in [0.25, 0.3) is 0 Å². The van der Waals surface area contributed by atoms with Crippen molar-refractivity contribution in [2.24, 2.45) is 5.92 Å². The van der Waals surface area contributed by atoms with Crippen LogP contribution < -0.4 is 5.32 Å².